The molecule has 136 valence electrons. The molecule has 0 aromatic carbocycles. The van der Waals surface area contributed by atoms with E-state index in [0.29, 0.717) is 0 Å². The van der Waals surface area contributed by atoms with E-state index in [4.69, 9.17) is 0 Å². The molecule has 4 rings (SSSR count). The molecule has 8 nitrogen and oxygen atoms in total. The van der Waals surface area contributed by atoms with E-state index < -0.39 is 35.6 Å². The number of alkyl halides is 2. The van der Waals surface area contributed by atoms with Crippen LogP contribution in [0.5, 0.6) is 0 Å². The molecule has 0 saturated carbocycles. The standard InChI is InChI=1S/C15H13F3N6O2/c1-7-5-23(6-15(7,17)18)10-2-9(8-3-20-14(26)21-13(8)25)22-24-11(16)4-19-12(10)24/h2-4,7H,5-6H2,1H3,(H2,20,21,25,26). The number of aromatic amines is 2. The first-order valence-corrected chi connectivity index (χ1v) is 7.76. The summed E-state index contributed by atoms with van der Waals surface area (Å²) in [5.41, 5.74) is -1.15. The summed E-state index contributed by atoms with van der Waals surface area (Å²) >= 11 is 0. The monoisotopic (exact) mass is 366 g/mol. The maximum atomic E-state index is 14.0. The van der Waals surface area contributed by atoms with Crippen LogP contribution in [0, 0.1) is 11.9 Å². The zero-order valence-electron chi connectivity index (χ0n) is 13.5. The van der Waals surface area contributed by atoms with Gasteiger partial charge in [0.15, 0.2) is 5.65 Å². The van der Waals surface area contributed by atoms with Crippen LogP contribution < -0.4 is 16.1 Å². The molecule has 1 atom stereocenters. The number of imidazole rings is 1. The number of aromatic nitrogens is 5. The van der Waals surface area contributed by atoms with Gasteiger partial charge in [0.2, 0.25) is 5.95 Å². The quantitative estimate of drug-likeness (QED) is 0.705. The number of hydrogen-bond donors (Lipinski definition) is 2. The van der Waals surface area contributed by atoms with E-state index in [1.54, 1.807) is 0 Å². The summed E-state index contributed by atoms with van der Waals surface area (Å²) < 4.78 is 42.8. The number of anilines is 1. The highest BCUT2D eigenvalue weighted by molar-refractivity contribution is 5.74. The first-order chi connectivity index (χ1) is 12.3. The average Bonchev–Trinajstić information content (AvgIpc) is 3.07. The SMILES string of the molecule is CC1CN(c2cc(-c3c[nH]c(=O)[nH]c3=O)nn3c(F)cnc23)CC1(F)F. The van der Waals surface area contributed by atoms with E-state index in [1.165, 1.54) is 17.9 Å². The Labute approximate surface area is 143 Å². The largest absolute Gasteiger partial charge is 0.362 e. The second-order valence-corrected chi connectivity index (χ2v) is 6.26. The van der Waals surface area contributed by atoms with E-state index >= 15 is 0 Å². The summed E-state index contributed by atoms with van der Waals surface area (Å²) in [5.74, 6) is -4.60. The zero-order chi connectivity index (χ0) is 18.6. The van der Waals surface area contributed by atoms with Crippen LogP contribution in [0.4, 0.5) is 18.9 Å². The highest BCUT2D eigenvalue weighted by Gasteiger charge is 2.46. The third-order valence-electron chi connectivity index (χ3n) is 4.46. The van der Waals surface area contributed by atoms with E-state index in [-0.39, 0.29) is 29.1 Å². The molecule has 26 heavy (non-hydrogen) atoms. The van der Waals surface area contributed by atoms with Crippen LogP contribution in [0.1, 0.15) is 6.92 Å². The predicted molar refractivity (Wildman–Crippen MR) is 85.9 cm³/mol. The summed E-state index contributed by atoms with van der Waals surface area (Å²) in [6.45, 7) is 0.921. The molecule has 1 saturated heterocycles. The second-order valence-electron chi connectivity index (χ2n) is 6.26. The number of halogens is 3. The topological polar surface area (TPSA) is 99.2 Å². The Morgan fingerprint density at radius 1 is 1.35 bits per heavy atom. The van der Waals surface area contributed by atoms with Crippen molar-refractivity contribution in [3.05, 3.63) is 45.2 Å². The summed E-state index contributed by atoms with van der Waals surface area (Å²) in [5, 5.41) is 4.01. The lowest BCUT2D eigenvalue weighted by Gasteiger charge is -2.19. The number of hydrogen-bond acceptors (Lipinski definition) is 5. The molecular weight excluding hydrogens is 353 g/mol. The highest BCUT2D eigenvalue weighted by Crippen LogP contribution is 2.37. The number of H-pyrrole nitrogens is 2. The van der Waals surface area contributed by atoms with Gasteiger partial charge in [-0.15, -0.1) is 0 Å². The van der Waals surface area contributed by atoms with Gasteiger partial charge >= 0.3 is 5.69 Å². The second kappa shape index (κ2) is 5.44. The highest BCUT2D eigenvalue weighted by atomic mass is 19.3. The molecule has 1 aliphatic rings. The Balaban J connectivity index is 1.93. The summed E-state index contributed by atoms with van der Waals surface area (Å²) in [7, 11) is 0. The van der Waals surface area contributed by atoms with E-state index in [9.17, 15) is 22.8 Å². The fraction of sp³-hybridized carbons (Fsp3) is 0.333. The van der Waals surface area contributed by atoms with Gasteiger partial charge in [0.05, 0.1) is 24.0 Å². The van der Waals surface area contributed by atoms with Crippen LogP contribution in [0.2, 0.25) is 0 Å². The van der Waals surface area contributed by atoms with Gasteiger partial charge in [-0.2, -0.15) is 14.0 Å². The van der Waals surface area contributed by atoms with Crippen molar-refractivity contribution in [2.75, 3.05) is 18.0 Å². The molecule has 3 aromatic heterocycles. The summed E-state index contributed by atoms with van der Waals surface area (Å²) in [6, 6.07) is 1.39. The van der Waals surface area contributed by atoms with Crippen molar-refractivity contribution in [2.45, 2.75) is 12.8 Å². The van der Waals surface area contributed by atoms with Crippen LogP contribution in [0.15, 0.2) is 28.0 Å². The maximum absolute atomic E-state index is 14.0. The third-order valence-corrected chi connectivity index (χ3v) is 4.46. The lowest BCUT2D eigenvalue weighted by atomic mass is 10.1. The minimum atomic E-state index is -2.90. The Hall–Kier alpha value is -3.11. The fourth-order valence-electron chi connectivity index (χ4n) is 3.01. The average molecular weight is 366 g/mol. The molecule has 0 radical (unpaired) electrons. The molecule has 1 aliphatic heterocycles. The molecule has 0 bridgehead atoms. The lowest BCUT2D eigenvalue weighted by molar-refractivity contribution is -0.0137. The molecular formula is C15H13F3N6O2. The van der Waals surface area contributed by atoms with Gasteiger partial charge in [-0.3, -0.25) is 9.78 Å². The molecule has 4 heterocycles. The van der Waals surface area contributed by atoms with Gasteiger partial charge in [-0.1, -0.05) is 6.92 Å². The summed E-state index contributed by atoms with van der Waals surface area (Å²) in [6.07, 6.45) is 2.06. The zero-order valence-corrected chi connectivity index (χ0v) is 13.5. The first-order valence-electron chi connectivity index (χ1n) is 7.76. The van der Waals surface area contributed by atoms with Crippen molar-refractivity contribution in [3.8, 4) is 11.3 Å². The normalized spacial score (nSPS) is 19.4. The van der Waals surface area contributed by atoms with Gasteiger partial charge in [0.25, 0.3) is 11.5 Å². The van der Waals surface area contributed by atoms with Gasteiger partial charge in [-0.05, 0) is 6.07 Å². The van der Waals surface area contributed by atoms with E-state index in [0.717, 1.165) is 16.9 Å². The van der Waals surface area contributed by atoms with Gasteiger partial charge in [0.1, 0.15) is 5.69 Å². The van der Waals surface area contributed by atoms with Crippen molar-refractivity contribution in [1.29, 1.82) is 0 Å². The number of nitrogens with one attached hydrogen (secondary N) is 2. The molecule has 1 unspecified atom stereocenters. The smallest absolute Gasteiger partial charge is 0.325 e. The number of rotatable bonds is 2. The Kier molecular flexibility index (Phi) is 3.43. The molecule has 11 heteroatoms. The molecule has 0 amide bonds. The van der Waals surface area contributed by atoms with Crippen LogP contribution in [0.3, 0.4) is 0 Å². The van der Waals surface area contributed by atoms with Gasteiger partial charge in [-0.25, -0.2) is 18.6 Å². The number of nitrogens with zero attached hydrogens (tertiary/aromatic N) is 4. The molecule has 2 N–H and O–H groups in total. The van der Waals surface area contributed by atoms with Crippen LogP contribution >= 0.6 is 0 Å². The Morgan fingerprint density at radius 2 is 2.12 bits per heavy atom. The van der Waals surface area contributed by atoms with Crippen molar-refractivity contribution >= 4 is 11.3 Å². The van der Waals surface area contributed by atoms with Crippen molar-refractivity contribution < 1.29 is 13.2 Å². The predicted octanol–water partition coefficient (Wildman–Crippen LogP) is 1.00. The maximum Gasteiger partial charge on any atom is 0.325 e. The van der Waals surface area contributed by atoms with Gasteiger partial charge in [0, 0.05) is 18.7 Å². The van der Waals surface area contributed by atoms with Gasteiger partial charge < -0.3 is 9.88 Å². The molecule has 3 aromatic rings. The third kappa shape index (κ3) is 2.47. The minimum absolute atomic E-state index is 0.0183. The Bertz CT molecular complexity index is 1120. The van der Waals surface area contributed by atoms with Crippen molar-refractivity contribution in [2.24, 2.45) is 5.92 Å². The number of fused-ring (bicyclic) bond motifs is 1. The molecule has 0 spiro atoms. The Morgan fingerprint density at radius 3 is 2.77 bits per heavy atom. The first kappa shape index (κ1) is 16.4. The summed E-state index contributed by atoms with van der Waals surface area (Å²) in [4.78, 5) is 32.8. The minimum Gasteiger partial charge on any atom is -0.362 e. The fourth-order valence-corrected chi connectivity index (χ4v) is 3.01. The van der Waals surface area contributed by atoms with Crippen LogP contribution in [-0.4, -0.2) is 43.6 Å². The molecule has 1 fully saturated rings. The lowest BCUT2D eigenvalue weighted by Crippen LogP contribution is -2.27. The van der Waals surface area contributed by atoms with E-state index in [1.807, 2.05) is 4.98 Å². The molecule has 0 aliphatic carbocycles. The van der Waals surface area contributed by atoms with E-state index in [2.05, 4.69) is 15.1 Å². The van der Waals surface area contributed by atoms with Crippen LogP contribution in [0.25, 0.3) is 16.9 Å². The van der Waals surface area contributed by atoms with Crippen molar-refractivity contribution in [3.63, 3.8) is 0 Å². The van der Waals surface area contributed by atoms with Crippen molar-refractivity contribution in [1.82, 2.24) is 24.6 Å². The van der Waals surface area contributed by atoms with Crippen LogP contribution in [-0.2, 0) is 0 Å².